The van der Waals surface area contributed by atoms with Crippen molar-refractivity contribution in [2.45, 2.75) is 13.8 Å². The van der Waals surface area contributed by atoms with Gasteiger partial charge in [-0.3, -0.25) is 14.4 Å². The first kappa shape index (κ1) is 21.7. The van der Waals surface area contributed by atoms with Gasteiger partial charge >= 0.3 is 5.97 Å². The van der Waals surface area contributed by atoms with Crippen LogP contribution >= 0.6 is 0 Å². The molecule has 2 aromatic rings. The molecular formula is C21H24N2O6. The highest BCUT2D eigenvalue weighted by atomic mass is 16.5. The molecule has 0 unspecified atom stereocenters. The fourth-order valence-electron chi connectivity index (χ4n) is 2.32. The average molecular weight is 400 g/mol. The number of esters is 1. The summed E-state index contributed by atoms with van der Waals surface area (Å²) in [6.07, 6.45) is 0. The first-order chi connectivity index (χ1) is 14.0. The molecular weight excluding hydrogens is 376 g/mol. The quantitative estimate of drug-likeness (QED) is 0.594. The summed E-state index contributed by atoms with van der Waals surface area (Å²) in [7, 11) is 0. The molecule has 0 fully saturated rings. The molecule has 8 heteroatoms. The number of benzene rings is 2. The number of carbonyl (C=O) groups excluding carboxylic acids is 3. The summed E-state index contributed by atoms with van der Waals surface area (Å²) in [5.41, 5.74) is 0.938. The smallest absolute Gasteiger partial charge is 0.325 e. The maximum absolute atomic E-state index is 12.0. The van der Waals surface area contributed by atoms with Crippen molar-refractivity contribution in [3.05, 3.63) is 54.1 Å². The van der Waals surface area contributed by atoms with Gasteiger partial charge in [-0.2, -0.15) is 0 Å². The van der Waals surface area contributed by atoms with E-state index in [1.165, 1.54) is 0 Å². The van der Waals surface area contributed by atoms with Crippen molar-refractivity contribution < 1.29 is 28.6 Å². The monoisotopic (exact) mass is 400 g/mol. The zero-order valence-electron chi connectivity index (χ0n) is 16.4. The van der Waals surface area contributed by atoms with Crippen LogP contribution in [0.3, 0.4) is 0 Å². The summed E-state index contributed by atoms with van der Waals surface area (Å²) >= 11 is 0. The van der Waals surface area contributed by atoms with Crippen LogP contribution in [0, 0.1) is 0 Å². The highest BCUT2D eigenvalue weighted by molar-refractivity contribution is 5.96. The molecule has 2 N–H and O–H groups in total. The molecule has 0 spiro atoms. The summed E-state index contributed by atoms with van der Waals surface area (Å²) in [5.74, 6) is -0.280. The Kier molecular flexibility index (Phi) is 8.50. The lowest BCUT2D eigenvalue weighted by Crippen LogP contribution is -2.32. The van der Waals surface area contributed by atoms with Gasteiger partial charge in [0.15, 0.2) is 6.61 Å². The molecule has 0 aliphatic rings. The number of ether oxygens (including phenoxy) is 3. The second-order valence-electron chi connectivity index (χ2n) is 5.81. The van der Waals surface area contributed by atoms with Crippen LogP contribution < -0.4 is 20.1 Å². The lowest BCUT2D eigenvalue weighted by atomic mass is 10.2. The normalized spacial score (nSPS) is 10.0. The summed E-state index contributed by atoms with van der Waals surface area (Å²) in [5, 5.41) is 5.04. The topological polar surface area (TPSA) is 103 Å². The van der Waals surface area contributed by atoms with E-state index >= 15 is 0 Å². The van der Waals surface area contributed by atoms with Gasteiger partial charge in [-0.15, -0.1) is 0 Å². The Bertz CT molecular complexity index is 818. The molecule has 0 bridgehead atoms. The minimum Gasteiger partial charge on any atom is -0.494 e. The van der Waals surface area contributed by atoms with Crippen LogP contribution in [0.15, 0.2) is 48.5 Å². The Labute approximate surface area is 169 Å². The molecule has 0 saturated heterocycles. The van der Waals surface area contributed by atoms with Gasteiger partial charge in [0.2, 0.25) is 0 Å². The van der Waals surface area contributed by atoms with E-state index in [1.807, 2.05) is 13.8 Å². The molecule has 0 aliphatic heterocycles. The fraction of sp³-hybridized carbons (Fsp3) is 0.286. The second kappa shape index (κ2) is 11.3. The Hall–Kier alpha value is -3.55. The Balaban J connectivity index is 1.70. The first-order valence-corrected chi connectivity index (χ1v) is 9.21. The van der Waals surface area contributed by atoms with E-state index in [2.05, 4.69) is 10.6 Å². The number of rotatable bonds is 10. The first-order valence-electron chi connectivity index (χ1n) is 9.21. The highest BCUT2D eigenvalue weighted by Crippen LogP contribution is 2.15. The minimum absolute atomic E-state index is 0.345. The van der Waals surface area contributed by atoms with Gasteiger partial charge < -0.3 is 24.8 Å². The largest absolute Gasteiger partial charge is 0.494 e. The number of nitrogens with one attached hydrogen (secondary N) is 2. The molecule has 0 atom stereocenters. The SMILES string of the molecule is CCOc1ccc(NC(=O)COC(=O)CNC(=O)c2ccc(OCC)cc2)cc1. The fourth-order valence-corrected chi connectivity index (χ4v) is 2.32. The molecule has 0 saturated carbocycles. The molecule has 0 aliphatic carbocycles. The van der Waals surface area contributed by atoms with Crippen molar-refractivity contribution in [3.63, 3.8) is 0 Å². The van der Waals surface area contributed by atoms with Gasteiger partial charge in [0.25, 0.3) is 11.8 Å². The third-order valence-electron chi connectivity index (χ3n) is 3.63. The van der Waals surface area contributed by atoms with Crippen molar-refractivity contribution in [3.8, 4) is 11.5 Å². The van der Waals surface area contributed by atoms with Crippen LogP contribution in [-0.4, -0.2) is 44.1 Å². The summed E-state index contributed by atoms with van der Waals surface area (Å²) < 4.78 is 15.5. The van der Waals surface area contributed by atoms with Crippen LogP contribution in [0.2, 0.25) is 0 Å². The predicted molar refractivity (Wildman–Crippen MR) is 107 cm³/mol. The van der Waals surface area contributed by atoms with Crippen LogP contribution in [0.25, 0.3) is 0 Å². The van der Waals surface area contributed by atoms with Gasteiger partial charge in [-0.1, -0.05) is 0 Å². The Morgan fingerprint density at radius 3 is 1.93 bits per heavy atom. The van der Waals surface area contributed by atoms with Gasteiger partial charge in [0.1, 0.15) is 18.0 Å². The molecule has 0 heterocycles. The third kappa shape index (κ3) is 7.53. The van der Waals surface area contributed by atoms with Crippen LogP contribution in [0.5, 0.6) is 11.5 Å². The van der Waals surface area contributed by atoms with Crippen molar-refractivity contribution in [2.75, 3.05) is 31.7 Å². The van der Waals surface area contributed by atoms with Gasteiger partial charge in [-0.05, 0) is 62.4 Å². The zero-order valence-corrected chi connectivity index (χ0v) is 16.4. The Morgan fingerprint density at radius 1 is 0.828 bits per heavy atom. The summed E-state index contributed by atoms with van der Waals surface area (Å²) in [6, 6.07) is 13.3. The van der Waals surface area contributed by atoms with E-state index in [-0.39, 0.29) is 6.54 Å². The molecule has 2 amide bonds. The molecule has 0 radical (unpaired) electrons. The van der Waals surface area contributed by atoms with Crippen molar-refractivity contribution in [1.29, 1.82) is 0 Å². The minimum atomic E-state index is -0.717. The molecule has 2 rings (SSSR count). The van der Waals surface area contributed by atoms with Crippen molar-refractivity contribution in [2.24, 2.45) is 0 Å². The highest BCUT2D eigenvalue weighted by Gasteiger charge is 2.11. The van der Waals surface area contributed by atoms with Crippen molar-refractivity contribution in [1.82, 2.24) is 5.32 Å². The average Bonchev–Trinajstić information content (AvgIpc) is 2.73. The lowest BCUT2D eigenvalue weighted by molar-refractivity contribution is -0.146. The third-order valence-corrected chi connectivity index (χ3v) is 3.63. The van der Waals surface area contributed by atoms with E-state index < -0.39 is 24.4 Å². The predicted octanol–water partition coefficient (Wildman–Crippen LogP) is 2.40. The number of carbonyl (C=O) groups is 3. The second-order valence-corrected chi connectivity index (χ2v) is 5.81. The molecule has 29 heavy (non-hydrogen) atoms. The van der Waals surface area contributed by atoms with Crippen LogP contribution in [-0.2, 0) is 14.3 Å². The van der Waals surface area contributed by atoms with Gasteiger partial charge in [-0.25, -0.2) is 0 Å². The van der Waals surface area contributed by atoms with E-state index in [0.717, 1.165) is 0 Å². The number of amides is 2. The molecule has 2 aromatic carbocycles. The zero-order chi connectivity index (χ0) is 21.1. The van der Waals surface area contributed by atoms with Crippen molar-refractivity contribution >= 4 is 23.5 Å². The summed E-state index contributed by atoms with van der Waals surface area (Å²) in [4.78, 5) is 35.6. The van der Waals surface area contributed by atoms with Gasteiger partial charge in [0.05, 0.1) is 13.2 Å². The number of anilines is 1. The van der Waals surface area contributed by atoms with E-state index in [1.54, 1.807) is 48.5 Å². The maximum atomic E-state index is 12.0. The number of hydrogen-bond donors (Lipinski definition) is 2. The molecule has 154 valence electrons. The van der Waals surface area contributed by atoms with E-state index in [0.29, 0.717) is 36.0 Å². The maximum Gasteiger partial charge on any atom is 0.325 e. The van der Waals surface area contributed by atoms with Gasteiger partial charge in [0, 0.05) is 11.3 Å². The van der Waals surface area contributed by atoms with Crippen LogP contribution in [0.1, 0.15) is 24.2 Å². The molecule has 0 aromatic heterocycles. The molecule has 8 nitrogen and oxygen atoms in total. The summed E-state index contributed by atoms with van der Waals surface area (Å²) in [6.45, 7) is 4.03. The van der Waals surface area contributed by atoms with E-state index in [4.69, 9.17) is 14.2 Å². The Morgan fingerprint density at radius 2 is 1.38 bits per heavy atom. The standard InChI is InChI=1S/C21H24N2O6/c1-3-27-17-9-5-15(6-10-17)21(26)22-13-20(25)29-14-19(24)23-16-7-11-18(12-8-16)28-4-2/h5-12H,3-4,13-14H2,1-2H3,(H,22,26)(H,23,24). The van der Waals surface area contributed by atoms with E-state index in [9.17, 15) is 14.4 Å². The lowest BCUT2D eigenvalue weighted by Gasteiger charge is -2.09. The van der Waals surface area contributed by atoms with Crippen LogP contribution in [0.4, 0.5) is 5.69 Å². The number of hydrogen-bond acceptors (Lipinski definition) is 6.